The Hall–Kier alpha value is -0.320. The van der Waals surface area contributed by atoms with Crippen LogP contribution in [-0.2, 0) is 10.0 Å². The summed E-state index contributed by atoms with van der Waals surface area (Å²) in [5, 5.41) is 0. The van der Waals surface area contributed by atoms with Crippen LogP contribution in [0.25, 0.3) is 0 Å². The standard InChI is InChI=1S/C12H9Br2IN2O2S/c13-7-5-10(14)12(11(16)6-7)20(18,19)17-9-3-1-8(15)2-4-9/h1-6,17H,16H2. The largest absolute Gasteiger partial charge is 0.398 e. The van der Waals surface area contributed by atoms with Crippen molar-refractivity contribution in [3.63, 3.8) is 0 Å². The number of hydrogen-bond donors (Lipinski definition) is 2. The molecule has 0 aromatic heterocycles. The summed E-state index contributed by atoms with van der Waals surface area (Å²) < 4.78 is 29.4. The fourth-order valence-corrected chi connectivity index (χ4v) is 5.08. The number of halogens is 3. The second-order valence-corrected chi connectivity index (χ2v) is 8.55. The highest BCUT2D eigenvalue weighted by Gasteiger charge is 2.21. The smallest absolute Gasteiger partial charge is 0.265 e. The van der Waals surface area contributed by atoms with E-state index in [2.05, 4.69) is 59.2 Å². The molecule has 0 aliphatic rings. The third-order valence-corrected chi connectivity index (χ3v) is 5.96. The van der Waals surface area contributed by atoms with Gasteiger partial charge in [0.2, 0.25) is 0 Å². The lowest BCUT2D eigenvalue weighted by Gasteiger charge is -2.12. The molecule has 0 unspecified atom stereocenters. The molecule has 0 saturated heterocycles. The lowest BCUT2D eigenvalue weighted by molar-refractivity contribution is 0.601. The van der Waals surface area contributed by atoms with Crippen LogP contribution in [0.15, 0.2) is 50.2 Å². The van der Waals surface area contributed by atoms with E-state index < -0.39 is 10.0 Å². The van der Waals surface area contributed by atoms with Crippen LogP contribution in [-0.4, -0.2) is 8.42 Å². The SMILES string of the molecule is Nc1cc(Br)cc(Br)c1S(=O)(=O)Nc1ccc(I)cc1. The van der Waals surface area contributed by atoms with Gasteiger partial charge in [0.15, 0.2) is 0 Å². The molecule has 0 heterocycles. The van der Waals surface area contributed by atoms with Crippen LogP contribution < -0.4 is 10.5 Å². The van der Waals surface area contributed by atoms with E-state index in [0.29, 0.717) is 14.6 Å². The number of nitrogens with one attached hydrogen (secondary N) is 1. The molecule has 0 bridgehead atoms. The third-order valence-electron chi connectivity index (χ3n) is 2.40. The van der Waals surface area contributed by atoms with Crippen molar-refractivity contribution in [3.05, 3.63) is 48.9 Å². The summed E-state index contributed by atoms with van der Waals surface area (Å²) in [5.41, 5.74) is 6.46. The van der Waals surface area contributed by atoms with Crippen molar-refractivity contribution < 1.29 is 8.42 Å². The first-order valence-corrected chi connectivity index (χ1v) is 9.47. The van der Waals surface area contributed by atoms with E-state index in [1.165, 1.54) is 0 Å². The number of nitrogens with two attached hydrogens (primary N) is 1. The summed E-state index contributed by atoms with van der Waals surface area (Å²) in [6.45, 7) is 0. The minimum Gasteiger partial charge on any atom is -0.398 e. The summed E-state index contributed by atoms with van der Waals surface area (Å²) in [6, 6.07) is 10.2. The summed E-state index contributed by atoms with van der Waals surface area (Å²) in [5.74, 6) is 0. The van der Waals surface area contributed by atoms with Crippen LogP contribution in [0, 0.1) is 3.57 Å². The fourth-order valence-electron chi connectivity index (χ4n) is 1.59. The molecule has 0 aliphatic heterocycles. The zero-order valence-corrected chi connectivity index (χ0v) is 16.0. The quantitative estimate of drug-likeness (QED) is 0.461. The Bertz CT molecular complexity index is 726. The van der Waals surface area contributed by atoms with Gasteiger partial charge in [0, 0.05) is 18.2 Å². The van der Waals surface area contributed by atoms with E-state index in [1.807, 2.05) is 12.1 Å². The molecule has 0 atom stereocenters. The monoisotopic (exact) mass is 530 g/mol. The Balaban J connectivity index is 2.43. The predicted molar refractivity (Wildman–Crippen MR) is 96.2 cm³/mol. The van der Waals surface area contributed by atoms with E-state index in [9.17, 15) is 8.42 Å². The minimum atomic E-state index is -3.75. The Morgan fingerprint density at radius 1 is 1.10 bits per heavy atom. The average Bonchev–Trinajstić information content (AvgIpc) is 2.30. The number of benzene rings is 2. The highest BCUT2D eigenvalue weighted by molar-refractivity contribution is 14.1. The number of sulfonamides is 1. The first kappa shape index (κ1) is 16.1. The highest BCUT2D eigenvalue weighted by Crippen LogP contribution is 2.32. The maximum Gasteiger partial charge on any atom is 0.265 e. The maximum absolute atomic E-state index is 12.4. The molecule has 0 radical (unpaired) electrons. The first-order valence-electron chi connectivity index (χ1n) is 5.32. The minimum absolute atomic E-state index is 0.0271. The highest BCUT2D eigenvalue weighted by atomic mass is 127. The second kappa shape index (κ2) is 6.20. The summed E-state index contributed by atoms with van der Waals surface area (Å²) in [4.78, 5) is 0.0271. The van der Waals surface area contributed by atoms with Gasteiger partial charge >= 0.3 is 0 Å². The van der Waals surface area contributed by atoms with Crippen molar-refractivity contribution in [1.82, 2.24) is 0 Å². The van der Waals surface area contributed by atoms with E-state index >= 15 is 0 Å². The molecule has 2 rings (SSSR count). The van der Waals surface area contributed by atoms with Gasteiger partial charge in [-0.05, 0) is 74.9 Å². The Morgan fingerprint density at radius 2 is 1.70 bits per heavy atom. The van der Waals surface area contributed by atoms with Crippen molar-refractivity contribution in [2.24, 2.45) is 0 Å². The molecule has 0 fully saturated rings. The molecule has 106 valence electrons. The van der Waals surface area contributed by atoms with Crippen molar-refractivity contribution in [2.75, 3.05) is 10.5 Å². The third kappa shape index (κ3) is 3.66. The lowest BCUT2D eigenvalue weighted by Crippen LogP contribution is -2.15. The molecule has 0 spiro atoms. The van der Waals surface area contributed by atoms with Crippen LogP contribution in [0.5, 0.6) is 0 Å². The second-order valence-electron chi connectivity index (χ2n) is 3.92. The zero-order chi connectivity index (χ0) is 14.9. The van der Waals surface area contributed by atoms with Crippen molar-refractivity contribution in [2.45, 2.75) is 4.90 Å². The van der Waals surface area contributed by atoms with Crippen LogP contribution >= 0.6 is 54.5 Å². The normalized spacial score (nSPS) is 11.3. The molecule has 4 nitrogen and oxygen atoms in total. The molecule has 3 N–H and O–H groups in total. The molecular formula is C12H9Br2IN2O2S. The van der Waals surface area contributed by atoms with Gasteiger partial charge in [-0.2, -0.15) is 0 Å². The fraction of sp³-hybridized carbons (Fsp3) is 0. The molecule has 8 heteroatoms. The predicted octanol–water partition coefficient (Wildman–Crippen LogP) is 4.20. The van der Waals surface area contributed by atoms with E-state index in [-0.39, 0.29) is 10.6 Å². The number of nitrogen functional groups attached to an aromatic ring is 1. The van der Waals surface area contributed by atoms with Gasteiger partial charge in [0.05, 0.1) is 5.69 Å². The van der Waals surface area contributed by atoms with E-state index in [1.54, 1.807) is 24.3 Å². The van der Waals surface area contributed by atoms with Gasteiger partial charge in [0.25, 0.3) is 10.0 Å². The Kier molecular flexibility index (Phi) is 4.98. The molecular weight excluding hydrogens is 523 g/mol. The van der Waals surface area contributed by atoms with Gasteiger partial charge in [-0.1, -0.05) is 15.9 Å². The molecule has 0 aliphatic carbocycles. The van der Waals surface area contributed by atoms with Crippen LogP contribution in [0.1, 0.15) is 0 Å². The average molecular weight is 532 g/mol. The van der Waals surface area contributed by atoms with E-state index in [4.69, 9.17) is 5.73 Å². The van der Waals surface area contributed by atoms with Crippen molar-refractivity contribution in [1.29, 1.82) is 0 Å². The summed E-state index contributed by atoms with van der Waals surface area (Å²) in [6.07, 6.45) is 0. The summed E-state index contributed by atoms with van der Waals surface area (Å²) in [7, 11) is -3.75. The maximum atomic E-state index is 12.4. The first-order chi connectivity index (χ1) is 9.29. The molecule has 2 aromatic rings. The van der Waals surface area contributed by atoms with Crippen LogP contribution in [0.2, 0.25) is 0 Å². The molecule has 0 amide bonds. The van der Waals surface area contributed by atoms with Crippen LogP contribution in [0.4, 0.5) is 11.4 Å². The van der Waals surface area contributed by atoms with Crippen LogP contribution in [0.3, 0.4) is 0 Å². The molecule has 0 saturated carbocycles. The van der Waals surface area contributed by atoms with E-state index in [0.717, 1.165) is 3.57 Å². The molecule has 20 heavy (non-hydrogen) atoms. The Morgan fingerprint density at radius 3 is 2.25 bits per heavy atom. The lowest BCUT2D eigenvalue weighted by atomic mass is 10.3. The zero-order valence-electron chi connectivity index (χ0n) is 9.90. The van der Waals surface area contributed by atoms with Gasteiger partial charge < -0.3 is 5.73 Å². The van der Waals surface area contributed by atoms with Gasteiger partial charge in [-0.15, -0.1) is 0 Å². The van der Waals surface area contributed by atoms with Gasteiger partial charge in [0.1, 0.15) is 4.90 Å². The number of anilines is 2. The van der Waals surface area contributed by atoms with Crippen molar-refractivity contribution in [3.8, 4) is 0 Å². The number of rotatable bonds is 3. The number of hydrogen-bond acceptors (Lipinski definition) is 3. The topological polar surface area (TPSA) is 72.2 Å². The van der Waals surface area contributed by atoms with Crippen molar-refractivity contribution >= 4 is 75.8 Å². The van der Waals surface area contributed by atoms with Gasteiger partial charge in [-0.3, -0.25) is 4.72 Å². The van der Waals surface area contributed by atoms with Gasteiger partial charge in [-0.25, -0.2) is 8.42 Å². The molecule has 2 aromatic carbocycles. The summed E-state index contributed by atoms with van der Waals surface area (Å²) >= 11 is 8.64. The Labute approximate surface area is 147 Å².